The summed E-state index contributed by atoms with van der Waals surface area (Å²) in [6, 6.07) is 10.1. The van der Waals surface area contributed by atoms with Gasteiger partial charge < -0.3 is 30.0 Å². The summed E-state index contributed by atoms with van der Waals surface area (Å²) in [5, 5.41) is 26.1. The lowest BCUT2D eigenvalue weighted by molar-refractivity contribution is 0.0959. The van der Waals surface area contributed by atoms with E-state index in [1.165, 1.54) is 19.3 Å². The molecular weight excluding hydrogens is 456 g/mol. The molecule has 184 valence electrons. The summed E-state index contributed by atoms with van der Waals surface area (Å²) < 4.78 is 2.15. The molecular formula is C28H28N4O4. The number of rotatable bonds is 5. The van der Waals surface area contributed by atoms with Gasteiger partial charge in [-0.15, -0.1) is 0 Å². The van der Waals surface area contributed by atoms with Gasteiger partial charge in [0.25, 0.3) is 5.91 Å². The molecule has 1 amide bonds. The molecule has 0 unspecified atom stereocenters. The summed E-state index contributed by atoms with van der Waals surface area (Å²) in [4.78, 5) is 31.7. The van der Waals surface area contributed by atoms with Crippen LogP contribution < -0.4 is 5.32 Å². The first-order chi connectivity index (χ1) is 17.5. The number of carbonyl (C=O) groups is 2. The lowest BCUT2D eigenvalue weighted by Gasteiger charge is -2.26. The van der Waals surface area contributed by atoms with Crippen LogP contribution >= 0.6 is 0 Å². The van der Waals surface area contributed by atoms with Crippen LogP contribution in [0.1, 0.15) is 40.0 Å². The number of H-pyrrole nitrogens is 1. The van der Waals surface area contributed by atoms with Gasteiger partial charge in [0.05, 0.1) is 27.6 Å². The second-order valence-electron chi connectivity index (χ2n) is 9.57. The van der Waals surface area contributed by atoms with E-state index in [0.29, 0.717) is 34.0 Å². The molecule has 36 heavy (non-hydrogen) atoms. The molecule has 6 rings (SSSR count). The second kappa shape index (κ2) is 8.57. The van der Waals surface area contributed by atoms with Crippen molar-refractivity contribution in [2.45, 2.75) is 25.8 Å². The number of piperidine rings is 1. The Bertz CT molecular complexity index is 1670. The summed E-state index contributed by atoms with van der Waals surface area (Å²) in [5.74, 6) is -0.106. The van der Waals surface area contributed by atoms with Crippen LogP contribution in [0.15, 0.2) is 36.4 Å². The number of carbonyl (C=O) groups excluding carboxylic acids is 2. The number of aromatic amines is 1. The number of aromatic nitrogens is 2. The molecule has 3 heterocycles. The molecule has 0 radical (unpaired) electrons. The van der Waals surface area contributed by atoms with Crippen molar-refractivity contribution in [2.24, 2.45) is 0 Å². The van der Waals surface area contributed by atoms with E-state index < -0.39 is 0 Å². The van der Waals surface area contributed by atoms with Gasteiger partial charge in [0.2, 0.25) is 0 Å². The summed E-state index contributed by atoms with van der Waals surface area (Å²) in [7, 11) is 1.55. The number of fused-ring (bicyclic) bond motifs is 7. The fourth-order valence-corrected chi connectivity index (χ4v) is 5.89. The summed E-state index contributed by atoms with van der Waals surface area (Å²) >= 11 is 0. The Balaban J connectivity index is 1.76. The molecule has 8 heteroatoms. The molecule has 3 aromatic carbocycles. The Morgan fingerprint density at radius 1 is 1.00 bits per heavy atom. The van der Waals surface area contributed by atoms with Gasteiger partial charge in [-0.1, -0.05) is 6.42 Å². The molecule has 0 aliphatic carbocycles. The molecule has 5 aromatic rings. The van der Waals surface area contributed by atoms with E-state index in [1.807, 2.05) is 6.07 Å². The maximum Gasteiger partial charge on any atom is 0.252 e. The number of phenolic OH excluding ortho intramolecular Hbond substituents is 2. The highest BCUT2D eigenvalue weighted by Gasteiger charge is 2.27. The molecule has 8 nitrogen and oxygen atoms in total. The zero-order valence-corrected chi connectivity index (χ0v) is 20.1. The van der Waals surface area contributed by atoms with Gasteiger partial charge in [-0.3, -0.25) is 9.59 Å². The third kappa shape index (κ3) is 3.32. The second-order valence-corrected chi connectivity index (χ2v) is 9.57. The number of aromatic hydroxyl groups is 2. The van der Waals surface area contributed by atoms with Crippen LogP contribution in [0.2, 0.25) is 0 Å². The molecule has 1 saturated heterocycles. The number of hydrogen-bond donors (Lipinski definition) is 4. The van der Waals surface area contributed by atoms with Gasteiger partial charge in [0, 0.05) is 59.4 Å². The van der Waals surface area contributed by atoms with E-state index in [-0.39, 0.29) is 17.4 Å². The first-order valence-corrected chi connectivity index (χ1v) is 12.4. The number of aldehydes is 1. The average Bonchev–Trinajstić information content (AvgIpc) is 3.41. The summed E-state index contributed by atoms with van der Waals surface area (Å²) in [6.07, 6.45) is 4.39. The summed E-state index contributed by atoms with van der Waals surface area (Å²) in [6.45, 7) is 3.62. The molecule has 1 aliphatic heterocycles. The molecule has 1 fully saturated rings. The van der Waals surface area contributed by atoms with Gasteiger partial charge in [0.15, 0.2) is 6.29 Å². The number of phenols is 2. The minimum atomic E-state index is -0.356. The molecule has 0 bridgehead atoms. The quantitative estimate of drug-likeness (QED) is 0.275. The van der Waals surface area contributed by atoms with Crippen molar-refractivity contribution in [3.8, 4) is 11.5 Å². The van der Waals surface area contributed by atoms with Crippen molar-refractivity contribution in [1.82, 2.24) is 19.8 Å². The minimum Gasteiger partial charge on any atom is -0.508 e. The number of hydrogen-bond acceptors (Lipinski definition) is 5. The molecule has 0 atom stereocenters. The fraction of sp³-hybridized carbons (Fsp3) is 0.286. The van der Waals surface area contributed by atoms with Crippen LogP contribution in [0.25, 0.3) is 43.6 Å². The standard InChI is InChI=1S/C28H28N4O4/c1-29-28(36)25-20(15-33)23-19-8-6-17(35)14-22(19)32(12-11-31-9-3-2-4-10-31)27(23)26-24(25)18-7-5-16(34)13-21(18)30-26/h5-8,13-15,30,34-35H,2-4,9-12H2,1H3,(H,29,36). The van der Waals surface area contributed by atoms with Crippen LogP contribution in [0.4, 0.5) is 0 Å². The third-order valence-corrected chi connectivity index (χ3v) is 7.52. The van der Waals surface area contributed by atoms with Crippen LogP contribution in [0, 0.1) is 0 Å². The highest BCUT2D eigenvalue weighted by atomic mass is 16.3. The lowest BCUT2D eigenvalue weighted by Crippen LogP contribution is -2.32. The first-order valence-electron chi connectivity index (χ1n) is 12.4. The van der Waals surface area contributed by atoms with Crippen LogP contribution in [0.5, 0.6) is 11.5 Å². The fourth-order valence-electron chi connectivity index (χ4n) is 5.89. The predicted octanol–water partition coefficient (Wildman–Crippen LogP) is 4.50. The van der Waals surface area contributed by atoms with Crippen LogP contribution in [0.3, 0.4) is 0 Å². The SMILES string of the molecule is CNC(=O)c1c(C=O)c2c3ccc(O)cc3n(CCN3CCCCC3)c2c2[nH]c3cc(O)ccc3c12. The molecule has 4 N–H and O–H groups in total. The van der Waals surface area contributed by atoms with Gasteiger partial charge in [-0.2, -0.15) is 0 Å². The van der Waals surface area contributed by atoms with E-state index in [0.717, 1.165) is 53.2 Å². The molecule has 0 saturated carbocycles. The number of nitrogens with one attached hydrogen (secondary N) is 2. The highest BCUT2D eigenvalue weighted by molar-refractivity contribution is 6.32. The number of nitrogens with zero attached hydrogens (tertiary/aromatic N) is 2. The van der Waals surface area contributed by atoms with Crippen molar-refractivity contribution in [1.29, 1.82) is 0 Å². The summed E-state index contributed by atoms with van der Waals surface area (Å²) in [5.41, 5.74) is 3.64. The molecule has 0 spiro atoms. The third-order valence-electron chi connectivity index (χ3n) is 7.52. The van der Waals surface area contributed by atoms with Crippen molar-refractivity contribution in [3.05, 3.63) is 47.5 Å². The maximum absolute atomic E-state index is 13.2. The Labute approximate surface area is 207 Å². The maximum atomic E-state index is 13.2. The van der Waals surface area contributed by atoms with E-state index in [2.05, 4.69) is 19.8 Å². The smallest absolute Gasteiger partial charge is 0.252 e. The Hall–Kier alpha value is -4.04. The van der Waals surface area contributed by atoms with E-state index in [1.54, 1.807) is 37.4 Å². The number of benzene rings is 3. The molecule has 2 aromatic heterocycles. The Morgan fingerprint density at radius 3 is 2.44 bits per heavy atom. The predicted molar refractivity (Wildman–Crippen MR) is 141 cm³/mol. The van der Waals surface area contributed by atoms with Gasteiger partial charge in [-0.05, 0) is 50.2 Å². The van der Waals surface area contributed by atoms with Gasteiger partial charge in [0.1, 0.15) is 11.5 Å². The topological polar surface area (TPSA) is 111 Å². The average molecular weight is 485 g/mol. The number of likely N-dealkylation sites (tertiary alicyclic amines) is 1. The van der Waals surface area contributed by atoms with Crippen molar-refractivity contribution in [2.75, 3.05) is 26.7 Å². The largest absolute Gasteiger partial charge is 0.508 e. The first kappa shape index (κ1) is 22.4. The zero-order valence-electron chi connectivity index (χ0n) is 20.1. The van der Waals surface area contributed by atoms with Crippen molar-refractivity contribution >= 4 is 55.8 Å². The van der Waals surface area contributed by atoms with E-state index in [4.69, 9.17) is 0 Å². The monoisotopic (exact) mass is 484 g/mol. The van der Waals surface area contributed by atoms with Crippen LogP contribution in [-0.4, -0.2) is 63.5 Å². The van der Waals surface area contributed by atoms with E-state index >= 15 is 0 Å². The van der Waals surface area contributed by atoms with Crippen molar-refractivity contribution in [3.63, 3.8) is 0 Å². The zero-order chi connectivity index (χ0) is 25.0. The minimum absolute atomic E-state index is 0.109. The van der Waals surface area contributed by atoms with E-state index in [9.17, 15) is 19.8 Å². The lowest BCUT2D eigenvalue weighted by atomic mass is 9.95. The van der Waals surface area contributed by atoms with Crippen LogP contribution in [-0.2, 0) is 6.54 Å². The van der Waals surface area contributed by atoms with Gasteiger partial charge in [-0.25, -0.2) is 0 Å². The number of amides is 1. The highest BCUT2D eigenvalue weighted by Crippen LogP contribution is 2.42. The van der Waals surface area contributed by atoms with Crippen molar-refractivity contribution < 1.29 is 19.8 Å². The normalized spacial score (nSPS) is 14.8. The molecule has 1 aliphatic rings. The Kier molecular flexibility index (Phi) is 5.34. The Morgan fingerprint density at radius 2 is 1.72 bits per heavy atom. The van der Waals surface area contributed by atoms with Gasteiger partial charge >= 0.3 is 0 Å².